The second kappa shape index (κ2) is 7.74. The van der Waals surface area contributed by atoms with Gasteiger partial charge in [0.15, 0.2) is 9.84 Å². The lowest BCUT2D eigenvalue weighted by Crippen LogP contribution is -2.46. The van der Waals surface area contributed by atoms with E-state index in [9.17, 15) is 13.2 Å². The molecular weight excluding hydrogens is 300 g/mol. The fourth-order valence-corrected chi connectivity index (χ4v) is 3.43. The van der Waals surface area contributed by atoms with Crippen molar-refractivity contribution in [3.05, 3.63) is 29.8 Å². The van der Waals surface area contributed by atoms with Gasteiger partial charge in [-0.25, -0.2) is 8.42 Å². The second-order valence-corrected chi connectivity index (χ2v) is 7.81. The quantitative estimate of drug-likeness (QED) is 0.855. The van der Waals surface area contributed by atoms with Gasteiger partial charge in [0, 0.05) is 32.6 Å². The van der Waals surface area contributed by atoms with Crippen LogP contribution in [0.3, 0.4) is 0 Å². The van der Waals surface area contributed by atoms with Crippen LogP contribution in [-0.2, 0) is 21.1 Å². The molecule has 2 rings (SSSR count). The normalized spacial score (nSPS) is 15.8. The molecule has 1 aromatic rings. The minimum atomic E-state index is -3.13. The summed E-state index contributed by atoms with van der Waals surface area (Å²) in [6.45, 7) is 4.98. The molecule has 5 nitrogen and oxygen atoms in total. The van der Waals surface area contributed by atoms with E-state index >= 15 is 0 Å². The predicted octanol–water partition coefficient (Wildman–Crippen LogP) is 1.23. The number of amides is 1. The SMILES string of the molecule is CCS(=O)(=O)c1ccc(CCCC(=O)N2CCNCC2)cc1. The molecule has 0 bridgehead atoms. The summed E-state index contributed by atoms with van der Waals surface area (Å²) in [5, 5.41) is 3.23. The maximum absolute atomic E-state index is 12.0. The monoisotopic (exact) mass is 324 g/mol. The molecule has 0 aliphatic carbocycles. The van der Waals surface area contributed by atoms with Gasteiger partial charge >= 0.3 is 0 Å². The van der Waals surface area contributed by atoms with Crippen LogP contribution in [0.15, 0.2) is 29.2 Å². The third kappa shape index (κ3) is 4.55. The number of rotatable bonds is 6. The Morgan fingerprint density at radius 1 is 1.18 bits per heavy atom. The summed E-state index contributed by atoms with van der Waals surface area (Å²) in [5.41, 5.74) is 1.07. The smallest absolute Gasteiger partial charge is 0.222 e. The zero-order valence-electron chi connectivity index (χ0n) is 13.0. The van der Waals surface area contributed by atoms with E-state index in [4.69, 9.17) is 0 Å². The Hall–Kier alpha value is -1.40. The number of hydrogen-bond acceptors (Lipinski definition) is 4. The van der Waals surface area contributed by atoms with E-state index in [1.807, 2.05) is 17.0 Å². The van der Waals surface area contributed by atoms with Crippen LogP contribution in [0.2, 0.25) is 0 Å². The molecule has 0 atom stereocenters. The number of carbonyl (C=O) groups excluding carboxylic acids is 1. The van der Waals surface area contributed by atoms with Gasteiger partial charge in [0.25, 0.3) is 0 Å². The van der Waals surface area contributed by atoms with E-state index in [0.717, 1.165) is 44.6 Å². The number of piperazine rings is 1. The summed E-state index contributed by atoms with van der Waals surface area (Å²) in [6, 6.07) is 7.01. The highest BCUT2D eigenvalue weighted by Crippen LogP contribution is 2.14. The molecule has 0 radical (unpaired) electrons. The molecule has 1 aliphatic heterocycles. The lowest BCUT2D eigenvalue weighted by Gasteiger charge is -2.27. The van der Waals surface area contributed by atoms with E-state index < -0.39 is 9.84 Å². The van der Waals surface area contributed by atoms with Gasteiger partial charge in [-0.3, -0.25) is 4.79 Å². The van der Waals surface area contributed by atoms with Crippen LogP contribution in [0, 0.1) is 0 Å². The highest BCUT2D eigenvalue weighted by Gasteiger charge is 2.15. The Bertz CT molecular complexity index is 590. The summed E-state index contributed by atoms with van der Waals surface area (Å²) < 4.78 is 23.5. The molecule has 0 aromatic heterocycles. The van der Waals surface area contributed by atoms with Crippen LogP contribution in [-0.4, -0.2) is 51.2 Å². The highest BCUT2D eigenvalue weighted by molar-refractivity contribution is 7.91. The summed E-state index contributed by atoms with van der Waals surface area (Å²) in [4.78, 5) is 14.3. The molecule has 1 amide bonds. The van der Waals surface area contributed by atoms with Crippen molar-refractivity contribution in [2.45, 2.75) is 31.1 Å². The van der Waals surface area contributed by atoms with Gasteiger partial charge in [0.2, 0.25) is 5.91 Å². The molecule has 0 saturated carbocycles. The first kappa shape index (κ1) is 17.0. The van der Waals surface area contributed by atoms with Gasteiger partial charge in [-0.1, -0.05) is 19.1 Å². The lowest BCUT2D eigenvalue weighted by atomic mass is 10.1. The van der Waals surface area contributed by atoms with Gasteiger partial charge < -0.3 is 10.2 Å². The van der Waals surface area contributed by atoms with Gasteiger partial charge in [-0.15, -0.1) is 0 Å². The summed E-state index contributed by atoms with van der Waals surface area (Å²) in [6.07, 6.45) is 2.14. The minimum Gasteiger partial charge on any atom is -0.340 e. The number of nitrogens with one attached hydrogen (secondary N) is 1. The fraction of sp³-hybridized carbons (Fsp3) is 0.562. The number of nitrogens with zero attached hydrogens (tertiary/aromatic N) is 1. The molecule has 6 heteroatoms. The molecule has 1 aliphatic rings. The number of aryl methyl sites for hydroxylation is 1. The van der Waals surface area contributed by atoms with Gasteiger partial charge in [-0.05, 0) is 30.5 Å². The molecular formula is C16H24N2O3S. The maximum Gasteiger partial charge on any atom is 0.222 e. The van der Waals surface area contributed by atoms with E-state index in [1.165, 1.54) is 0 Å². The topological polar surface area (TPSA) is 66.5 Å². The average Bonchev–Trinajstić information content (AvgIpc) is 2.56. The first-order chi connectivity index (χ1) is 10.5. The molecule has 1 N–H and O–H groups in total. The summed E-state index contributed by atoms with van der Waals surface area (Å²) in [7, 11) is -3.13. The molecule has 1 heterocycles. The average molecular weight is 324 g/mol. The van der Waals surface area contributed by atoms with Crippen LogP contribution in [0.4, 0.5) is 0 Å². The molecule has 1 fully saturated rings. The largest absolute Gasteiger partial charge is 0.340 e. The number of hydrogen-bond donors (Lipinski definition) is 1. The Morgan fingerprint density at radius 2 is 1.82 bits per heavy atom. The maximum atomic E-state index is 12.0. The van der Waals surface area contributed by atoms with Gasteiger partial charge in [0.05, 0.1) is 10.6 Å². The predicted molar refractivity (Wildman–Crippen MR) is 86.6 cm³/mol. The Kier molecular flexibility index (Phi) is 5.97. The zero-order chi connectivity index (χ0) is 16.0. The summed E-state index contributed by atoms with van der Waals surface area (Å²) >= 11 is 0. The molecule has 122 valence electrons. The van der Waals surface area contributed by atoms with Crippen LogP contribution in [0.5, 0.6) is 0 Å². The Balaban J connectivity index is 1.81. The molecule has 0 spiro atoms. The molecule has 22 heavy (non-hydrogen) atoms. The lowest BCUT2D eigenvalue weighted by molar-refractivity contribution is -0.131. The van der Waals surface area contributed by atoms with Crippen molar-refractivity contribution >= 4 is 15.7 Å². The molecule has 0 unspecified atom stereocenters. The Morgan fingerprint density at radius 3 is 2.41 bits per heavy atom. The van der Waals surface area contributed by atoms with Crippen LogP contribution < -0.4 is 5.32 Å². The third-order valence-corrected chi connectivity index (χ3v) is 5.74. The number of benzene rings is 1. The van der Waals surface area contributed by atoms with E-state index in [-0.39, 0.29) is 11.7 Å². The molecule has 1 saturated heterocycles. The van der Waals surface area contributed by atoms with E-state index in [2.05, 4.69) is 5.32 Å². The van der Waals surface area contributed by atoms with Crippen LogP contribution in [0.1, 0.15) is 25.3 Å². The summed E-state index contributed by atoms with van der Waals surface area (Å²) in [5.74, 6) is 0.331. The van der Waals surface area contributed by atoms with E-state index in [0.29, 0.717) is 11.3 Å². The first-order valence-electron chi connectivity index (χ1n) is 7.83. The standard InChI is InChI=1S/C16H24N2O3S/c1-2-22(20,21)15-8-6-14(7-9-15)4-3-5-16(19)18-12-10-17-11-13-18/h6-9,17H,2-5,10-13H2,1H3. The van der Waals surface area contributed by atoms with Crippen LogP contribution in [0.25, 0.3) is 0 Å². The fourth-order valence-electron chi connectivity index (χ4n) is 2.55. The van der Waals surface area contributed by atoms with Crippen molar-refractivity contribution in [2.24, 2.45) is 0 Å². The zero-order valence-corrected chi connectivity index (χ0v) is 13.9. The van der Waals surface area contributed by atoms with Crippen molar-refractivity contribution in [3.8, 4) is 0 Å². The van der Waals surface area contributed by atoms with E-state index in [1.54, 1.807) is 19.1 Å². The van der Waals surface area contributed by atoms with Crippen molar-refractivity contribution in [1.29, 1.82) is 0 Å². The van der Waals surface area contributed by atoms with Gasteiger partial charge in [0.1, 0.15) is 0 Å². The van der Waals surface area contributed by atoms with Crippen LogP contribution >= 0.6 is 0 Å². The number of carbonyl (C=O) groups is 1. The van der Waals surface area contributed by atoms with Crippen molar-refractivity contribution < 1.29 is 13.2 Å². The third-order valence-electron chi connectivity index (χ3n) is 3.99. The highest BCUT2D eigenvalue weighted by atomic mass is 32.2. The van der Waals surface area contributed by atoms with Gasteiger partial charge in [-0.2, -0.15) is 0 Å². The van der Waals surface area contributed by atoms with Crippen molar-refractivity contribution in [2.75, 3.05) is 31.9 Å². The molecule has 1 aromatic carbocycles. The Labute approximate surface area is 132 Å². The van der Waals surface area contributed by atoms with Crippen molar-refractivity contribution in [3.63, 3.8) is 0 Å². The van der Waals surface area contributed by atoms with Crippen molar-refractivity contribution in [1.82, 2.24) is 10.2 Å². The second-order valence-electron chi connectivity index (χ2n) is 5.53. The number of sulfone groups is 1. The minimum absolute atomic E-state index is 0.117. The first-order valence-corrected chi connectivity index (χ1v) is 9.48.